The van der Waals surface area contributed by atoms with E-state index in [9.17, 15) is 19.0 Å². The van der Waals surface area contributed by atoms with Gasteiger partial charge in [-0.15, -0.1) is 0 Å². The van der Waals surface area contributed by atoms with Crippen LogP contribution in [0.3, 0.4) is 0 Å². The second-order valence-electron chi connectivity index (χ2n) is 17.5. The van der Waals surface area contributed by atoms with E-state index in [0.717, 1.165) is 38.5 Å². The first-order valence-corrected chi connectivity index (χ1v) is 25.5. The first kappa shape index (κ1) is 56.5. The fourth-order valence-electron chi connectivity index (χ4n) is 6.70. The quantitative estimate of drug-likeness (QED) is 0.0196. The Bertz CT molecular complexity index is 1040. The third-order valence-electron chi connectivity index (χ3n) is 10.5. The van der Waals surface area contributed by atoms with Gasteiger partial charge in [0.1, 0.15) is 19.8 Å². The Labute approximate surface area is 358 Å². The van der Waals surface area contributed by atoms with Crippen molar-refractivity contribution in [3.63, 3.8) is 0 Å². The molecule has 0 radical (unpaired) electrons. The van der Waals surface area contributed by atoms with Gasteiger partial charge in [-0.05, 0) is 38.5 Å². The fourth-order valence-corrected chi connectivity index (χ4v) is 7.42. The summed E-state index contributed by atoms with van der Waals surface area (Å²) in [6.45, 7) is 4.21. The van der Waals surface area contributed by atoms with E-state index in [2.05, 4.69) is 38.2 Å². The summed E-state index contributed by atoms with van der Waals surface area (Å²) in [4.78, 5) is 37.6. The summed E-state index contributed by atoms with van der Waals surface area (Å²) in [7, 11) is 1.15. The summed E-state index contributed by atoms with van der Waals surface area (Å²) >= 11 is 0. The van der Waals surface area contributed by atoms with Crippen molar-refractivity contribution in [3.8, 4) is 0 Å². The van der Waals surface area contributed by atoms with E-state index in [0.29, 0.717) is 17.4 Å². The number of phosphoric acid groups is 1. The van der Waals surface area contributed by atoms with E-state index in [1.165, 1.54) is 148 Å². The van der Waals surface area contributed by atoms with Gasteiger partial charge in [0, 0.05) is 12.8 Å². The normalized spacial score (nSPS) is 13.7. The maximum atomic E-state index is 12.7. The first-order chi connectivity index (χ1) is 28.0. The van der Waals surface area contributed by atoms with Gasteiger partial charge in [0.25, 0.3) is 7.82 Å². The molecule has 0 aromatic rings. The number of hydrogen-bond acceptors (Lipinski definition) is 8. The van der Waals surface area contributed by atoms with Crippen LogP contribution in [0, 0.1) is 0 Å². The molecule has 0 aliphatic rings. The highest BCUT2D eigenvalue weighted by atomic mass is 31.2. The van der Waals surface area contributed by atoms with Crippen molar-refractivity contribution < 1.29 is 42.1 Å². The Morgan fingerprint density at radius 3 is 1.41 bits per heavy atom. The van der Waals surface area contributed by atoms with Crippen molar-refractivity contribution in [3.05, 3.63) is 24.3 Å². The zero-order chi connectivity index (χ0) is 42.8. The molecule has 0 heterocycles. The van der Waals surface area contributed by atoms with Gasteiger partial charge in [-0.1, -0.05) is 192 Å². The van der Waals surface area contributed by atoms with Gasteiger partial charge < -0.3 is 27.9 Å². The highest BCUT2D eigenvalue weighted by Crippen LogP contribution is 2.38. The third kappa shape index (κ3) is 44.1. The molecule has 0 N–H and O–H groups in total. The van der Waals surface area contributed by atoms with Gasteiger partial charge in [0.05, 0.1) is 27.7 Å². The lowest BCUT2D eigenvalue weighted by molar-refractivity contribution is -0.870. The topological polar surface area (TPSA) is 111 Å². The number of carbonyl (C=O) groups excluding carboxylic acids is 2. The number of likely N-dealkylation sites (N-methyl/N-ethyl adjacent to an activating group) is 1. The molecule has 0 spiro atoms. The molecular formula is C48H92NO8P. The van der Waals surface area contributed by atoms with Crippen LogP contribution in [0.25, 0.3) is 0 Å². The summed E-state index contributed by atoms with van der Waals surface area (Å²) in [5, 5.41) is 0. The molecular weight excluding hydrogens is 750 g/mol. The van der Waals surface area contributed by atoms with E-state index in [-0.39, 0.29) is 32.0 Å². The molecule has 0 aliphatic carbocycles. The van der Waals surface area contributed by atoms with Gasteiger partial charge in [-0.3, -0.25) is 14.2 Å². The predicted octanol–water partition coefficient (Wildman–Crippen LogP) is 13.3. The van der Waals surface area contributed by atoms with Crippen LogP contribution in [0.2, 0.25) is 0 Å². The van der Waals surface area contributed by atoms with Gasteiger partial charge in [0.15, 0.2) is 6.10 Å². The number of nitrogens with zero attached hydrogens (tertiary/aromatic N) is 1. The van der Waals surface area contributed by atoms with Gasteiger partial charge in [-0.2, -0.15) is 0 Å². The number of allylic oxidation sites excluding steroid dienone is 4. The average Bonchev–Trinajstić information content (AvgIpc) is 3.17. The molecule has 342 valence electrons. The minimum absolute atomic E-state index is 0.0360. The molecule has 58 heavy (non-hydrogen) atoms. The minimum atomic E-state index is -4.63. The van der Waals surface area contributed by atoms with Crippen LogP contribution >= 0.6 is 7.82 Å². The Kier molecular flexibility index (Phi) is 39.8. The zero-order valence-electron chi connectivity index (χ0n) is 38.5. The molecule has 0 saturated carbocycles. The number of quaternary nitrogens is 1. The summed E-state index contributed by atoms with van der Waals surface area (Å²) < 4.78 is 33.9. The molecule has 1 unspecified atom stereocenters. The van der Waals surface area contributed by atoms with E-state index in [1.54, 1.807) is 0 Å². The molecule has 0 aromatic heterocycles. The number of carbonyl (C=O) groups is 2. The number of phosphoric ester groups is 1. The van der Waals surface area contributed by atoms with Gasteiger partial charge >= 0.3 is 11.9 Å². The summed E-state index contributed by atoms with van der Waals surface area (Å²) in [5.41, 5.74) is 0. The molecule has 9 nitrogen and oxygen atoms in total. The van der Waals surface area contributed by atoms with E-state index in [4.69, 9.17) is 18.5 Å². The van der Waals surface area contributed by atoms with E-state index in [1.807, 2.05) is 21.1 Å². The van der Waals surface area contributed by atoms with Crippen molar-refractivity contribution in [1.29, 1.82) is 0 Å². The first-order valence-electron chi connectivity index (χ1n) is 24.0. The standard InChI is InChI=1S/C48H92NO8P/c1-6-8-10-12-14-16-18-20-22-24-26-28-30-32-34-36-38-40-47(50)54-44-46(45-56-58(52,53)55-43-42-49(3,4)5)57-48(51)41-39-37-35-33-31-29-27-25-23-21-19-17-15-13-11-9-7-2/h27,29,33,35,46H,6-26,28,30-32,34,36-45H2,1-5H3/b29-27+,35-33+/t46-/m1/s1. The van der Waals surface area contributed by atoms with Crippen LogP contribution in [0.4, 0.5) is 0 Å². The number of esters is 2. The lowest BCUT2D eigenvalue weighted by Crippen LogP contribution is -2.37. The predicted molar refractivity (Wildman–Crippen MR) is 241 cm³/mol. The highest BCUT2D eigenvalue weighted by molar-refractivity contribution is 7.45. The highest BCUT2D eigenvalue weighted by Gasteiger charge is 2.21. The van der Waals surface area contributed by atoms with Crippen molar-refractivity contribution >= 4 is 19.8 Å². The van der Waals surface area contributed by atoms with Crippen molar-refractivity contribution in [2.24, 2.45) is 0 Å². The van der Waals surface area contributed by atoms with Crippen LogP contribution in [0.1, 0.15) is 219 Å². The van der Waals surface area contributed by atoms with E-state index < -0.39 is 26.5 Å². The molecule has 0 aliphatic heterocycles. The third-order valence-corrected chi connectivity index (χ3v) is 11.4. The maximum Gasteiger partial charge on any atom is 0.306 e. The average molecular weight is 842 g/mol. The second kappa shape index (κ2) is 40.9. The van der Waals surface area contributed by atoms with E-state index >= 15 is 0 Å². The number of hydrogen-bond donors (Lipinski definition) is 0. The maximum absolute atomic E-state index is 12.7. The smallest absolute Gasteiger partial charge is 0.306 e. The Morgan fingerprint density at radius 2 is 0.948 bits per heavy atom. The number of ether oxygens (including phenoxy) is 2. The van der Waals surface area contributed by atoms with Crippen LogP contribution in [0.15, 0.2) is 24.3 Å². The van der Waals surface area contributed by atoms with Crippen molar-refractivity contribution in [1.82, 2.24) is 0 Å². The Hall–Kier alpha value is -1.51. The largest absolute Gasteiger partial charge is 0.756 e. The molecule has 0 rings (SSSR count). The van der Waals surface area contributed by atoms with Crippen LogP contribution in [0.5, 0.6) is 0 Å². The lowest BCUT2D eigenvalue weighted by atomic mass is 10.0. The minimum Gasteiger partial charge on any atom is -0.756 e. The van der Waals surface area contributed by atoms with Crippen molar-refractivity contribution in [2.75, 3.05) is 47.5 Å². The molecule has 0 amide bonds. The molecule has 2 atom stereocenters. The summed E-state index contributed by atoms with van der Waals surface area (Å²) in [6.07, 6.45) is 45.0. The van der Waals surface area contributed by atoms with Crippen molar-refractivity contribution in [2.45, 2.75) is 225 Å². The fraction of sp³-hybridized carbons (Fsp3) is 0.875. The zero-order valence-corrected chi connectivity index (χ0v) is 39.4. The lowest BCUT2D eigenvalue weighted by Gasteiger charge is -2.28. The Balaban J connectivity index is 4.34. The monoisotopic (exact) mass is 842 g/mol. The Morgan fingerprint density at radius 1 is 0.534 bits per heavy atom. The van der Waals surface area contributed by atoms with Gasteiger partial charge in [-0.25, -0.2) is 0 Å². The second-order valence-corrected chi connectivity index (χ2v) is 18.9. The van der Waals surface area contributed by atoms with Gasteiger partial charge in [0.2, 0.25) is 0 Å². The molecule has 0 aromatic carbocycles. The van der Waals surface area contributed by atoms with Crippen LogP contribution in [-0.2, 0) is 32.7 Å². The number of unbranched alkanes of at least 4 members (excludes halogenated alkanes) is 26. The summed E-state index contributed by atoms with van der Waals surface area (Å²) in [6, 6.07) is 0. The SMILES string of the molecule is CCCCCCCCCCC/C=C/C/C=C/CCCC(=O)O[C@H](COC(=O)CCCCCCCCCCCCCCCCCCC)COP(=O)([O-])OCC[N+](C)(C)C. The summed E-state index contributed by atoms with van der Waals surface area (Å²) in [5.74, 6) is -0.877. The molecule has 0 bridgehead atoms. The van der Waals surface area contributed by atoms with Crippen LogP contribution in [-0.4, -0.2) is 70.0 Å². The van der Waals surface area contributed by atoms with Crippen LogP contribution < -0.4 is 4.89 Å². The molecule has 0 saturated heterocycles. The number of rotatable bonds is 44. The molecule has 10 heteroatoms. The molecule has 0 fully saturated rings.